The number of rotatable bonds is 6. The van der Waals surface area contributed by atoms with E-state index in [-0.39, 0.29) is 23.3 Å². The summed E-state index contributed by atoms with van der Waals surface area (Å²) in [5.74, 6) is -0.200. The fraction of sp³-hybridized carbons (Fsp3) is 0.286. The van der Waals surface area contributed by atoms with Gasteiger partial charge < -0.3 is 10.1 Å². The predicted molar refractivity (Wildman–Crippen MR) is 121 cm³/mol. The molecule has 1 N–H and O–H groups in total. The number of para-hydroxylation sites is 1. The van der Waals surface area contributed by atoms with Gasteiger partial charge in [0.05, 0.1) is 40.0 Å². The molecule has 0 saturated carbocycles. The SMILES string of the molecule is O=C(CSc1nc2ccccc2c(=O)n1C[C@H]1CCCO1)Nc1cc(Cl)ccc1Cl. The van der Waals surface area contributed by atoms with Crippen molar-refractivity contribution in [1.29, 1.82) is 0 Å². The normalized spacial score (nSPS) is 16.1. The first-order valence-electron chi connectivity index (χ1n) is 9.50. The molecule has 0 bridgehead atoms. The van der Waals surface area contributed by atoms with Gasteiger partial charge in [0.25, 0.3) is 5.56 Å². The number of carbonyl (C=O) groups is 1. The number of amides is 1. The third-order valence-corrected chi connectivity index (χ3v) is 6.31. The average Bonchev–Trinajstić information content (AvgIpc) is 3.25. The molecule has 6 nitrogen and oxygen atoms in total. The molecule has 0 spiro atoms. The molecule has 0 radical (unpaired) electrons. The molecule has 30 heavy (non-hydrogen) atoms. The van der Waals surface area contributed by atoms with Gasteiger partial charge in [-0.1, -0.05) is 47.1 Å². The Morgan fingerprint density at radius 2 is 2.10 bits per heavy atom. The van der Waals surface area contributed by atoms with Gasteiger partial charge >= 0.3 is 0 Å². The Morgan fingerprint density at radius 3 is 2.90 bits per heavy atom. The van der Waals surface area contributed by atoms with Crippen LogP contribution in [0.2, 0.25) is 10.0 Å². The number of aromatic nitrogens is 2. The molecular weight excluding hydrogens is 445 g/mol. The Balaban J connectivity index is 1.56. The van der Waals surface area contributed by atoms with Crippen LogP contribution < -0.4 is 10.9 Å². The number of nitrogens with zero attached hydrogens (tertiary/aromatic N) is 2. The van der Waals surface area contributed by atoms with Crippen LogP contribution in [-0.2, 0) is 16.1 Å². The Bertz CT molecular complexity index is 1150. The molecule has 156 valence electrons. The maximum atomic E-state index is 13.1. The Kier molecular flexibility index (Phi) is 6.63. The van der Waals surface area contributed by atoms with Crippen LogP contribution in [0.15, 0.2) is 52.4 Å². The molecule has 2 heterocycles. The van der Waals surface area contributed by atoms with Gasteiger partial charge in [-0.3, -0.25) is 14.2 Å². The molecule has 1 amide bonds. The highest BCUT2D eigenvalue weighted by molar-refractivity contribution is 7.99. The minimum Gasteiger partial charge on any atom is -0.376 e. The molecule has 1 fully saturated rings. The Labute approximate surface area is 187 Å². The van der Waals surface area contributed by atoms with Gasteiger partial charge in [-0.25, -0.2) is 4.98 Å². The molecule has 0 aliphatic carbocycles. The summed E-state index contributed by atoms with van der Waals surface area (Å²) in [7, 11) is 0. The quantitative estimate of drug-likeness (QED) is 0.426. The molecule has 3 aromatic rings. The second-order valence-electron chi connectivity index (χ2n) is 6.92. The molecule has 1 aliphatic heterocycles. The molecule has 2 aromatic carbocycles. The van der Waals surface area contributed by atoms with E-state index in [1.54, 1.807) is 34.9 Å². The van der Waals surface area contributed by atoms with Crippen molar-refractivity contribution in [3.8, 4) is 0 Å². The van der Waals surface area contributed by atoms with Crippen LogP contribution in [0.4, 0.5) is 5.69 Å². The van der Waals surface area contributed by atoms with E-state index in [0.29, 0.717) is 44.9 Å². The van der Waals surface area contributed by atoms with Gasteiger partial charge in [0, 0.05) is 11.6 Å². The monoisotopic (exact) mass is 463 g/mol. The fourth-order valence-electron chi connectivity index (χ4n) is 3.32. The van der Waals surface area contributed by atoms with Crippen LogP contribution in [0.5, 0.6) is 0 Å². The number of hydrogen-bond acceptors (Lipinski definition) is 5. The number of ether oxygens (including phenoxy) is 1. The predicted octanol–water partition coefficient (Wildman–Crippen LogP) is 4.61. The van der Waals surface area contributed by atoms with Crippen molar-refractivity contribution in [2.75, 3.05) is 17.7 Å². The molecule has 1 aromatic heterocycles. The van der Waals surface area contributed by atoms with E-state index >= 15 is 0 Å². The lowest BCUT2D eigenvalue weighted by Crippen LogP contribution is -2.29. The third kappa shape index (κ3) is 4.81. The van der Waals surface area contributed by atoms with Gasteiger partial charge in [0.15, 0.2) is 5.16 Å². The minimum atomic E-state index is -0.268. The molecule has 9 heteroatoms. The zero-order chi connectivity index (χ0) is 21.1. The summed E-state index contributed by atoms with van der Waals surface area (Å²) >= 11 is 13.3. The lowest BCUT2D eigenvalue weighted by atomic mass is 10.2. The van der Waals surface area contributed by atoms with Crippen LogP contribution in [0.1, 0.15) is 12.8 Å². The second kappa shape index (κ2) is 9.39. The topological polar surface area (TPSA) is 73.2 Å². The van der Waals surface area contributed by atoms with E-state index in [2.05, 4.69) is 10.3 Å². The highest BCUT2D eigenvalue weighted by atomic mass is 35.5. The maximum Gasteiger partial charge on any atom is 0.262 e. The summed E-state index contributed by atoms with van der Waals surface area (Å²) in [4.78, 5) is 30.2. The molecule has 1 saturated heterocycles. The summed E-state index contributed by atoms with van der Waals surface area (Å²) in [6, 6.07) is 12.1. The van der Waals surface area contributed by atoms with E-state index in [4.69, 9.17) is 27.9 Å². The number of benzene rings is 2. The first-order chi connectivity index (χ1) is 14.5. The van der Waals surface area contributed by atoms with Crippen molar-refractivity contribution in [1.82, 2.24) is 9.55 Å². The van der Waals surface area contributed by atoms with Gasteiger partial charge in [0.2, 0.25) is 5.91 Å². The lowest BCUT2D eigenvalue weighted by Gasteiger charge is -2.16. The van der Waals surface area contributed by atoms with Crippen LogP contribution in [0.3, 0.4) is 0 Å². The smallest absolute Gasteiger partial charge is 0.262 e. The van der Waals surface area contributed by atoms with Crippen molar-refractivity contribution < 1.29 is 9.53 Å². The van der Waals surface area contributed by atoms with Gasteiger partial charge in [-0.05, 0) is 43.2 Å². The van der Waals surface area contributed by atoms with Crippen LogP contribution in [-0.4, -0.2) is 33.9 Å². The van der Waals surface area contributed by atoms with Gasteiger partial charge in [-0.15, -0.1) is 0 Å². The molecule has 1 atom stereocenters. The number of halogens is 2. The van der Waals surface area contributed by atoms with Crippen LogP contribution >= 0.6 is 35.0 Å². The number of carbonyl (C=O) groups excluding carboxylic acids is 1. The highest BCUT2D eigenvalue weighted by Crippen LogP contribution is 2.26. The van der Waals surface area contributed by atoms with Crippen molar-refractivity contribution >= 4 is 57.5 Å². The summed E-state index contributed by atoms with van der Waals surface area (Å²) < 4.78 is 7.32. The number of anilines is 1. The maximum absolute atomic E-state index is 13.1. The molecular formula is C21H19Cl2N3O3S. The number of fused-ring (bicyclic) bond motifs is 1. The zero-order valence-electron chi connectivity index (χ0n) is 15.9. The second-order valence-corrected chi connectivity index (χ2v) is 8.71. The molecule has 4 rings (SSSR count). The minimum absolute atomic E-state index is 0.0240. The molecule has 1 aliphatic rings. The van der Waals surface area contributed by atoms with Crippen LogP contribution in [0, 0.1) is 0 Å². The van der Waals surface area contributed by atoms with E-state index in [1.165, 1.54) is 11.8 Å². The summed E-state index contributed by atoms with van der Waals surface area (Å²) in [5.41, 5.74) is 0.918. The van der Waals surface area contributed by atoms with E-state index < -0.39 is 0 Å². The van der Waals surface area contributed by atoms with E-state index in [1.807, 2.05) is 12.1 Å². The van der Waals surface area contributed by atoms with Gasteiger partial charge in [0.1, 0.15) is 0 Å². The van der Waals surface area contributed by atoms with Crippen LogP contribution in [0.25, 0.3) is 10.9 Å². The van der Waals surface area contributed by atoms with Crippen molar-refractivity contribution in [3.63, 3.8) is 0 Å². The lowest BCUT2D eigenvalue weighted by molar-refractivity contribution is -0.113. The number of nitrogens with one attached hydrogen (secondary N) is 1. The summed E-state index contributed by atoms with van der Waals surface area (Å²) in [6.07, 6.45) is 1.85. The first-order valence-corrected chi connectivity index (χ1v) is 11.2. The summed E-state index contributed by atoms with van der Waals surface area (Å²) in [6.45, 7) is 1.12. The largest absolute Gasteiger partial charge is 0.376 e. The van der Waals surface area contributed by atoms with Gasteiger partial charge in [-0.2, -0.15) is 0 Å². The van der Waals surface area contributed by atoms with Crippen molar-refractivity contribution in [3.05, 3.63) is 62.9 Å². The Hall–Kier alpha value is -2.06. The summed E-state index contributed by atoms with van der Waals surface area (Å²) in [5, 5.41) is 4.66. The highest BCUT2D eigenvalue weighted by Gasteiger charge is 2.20. The van der Waals surface area contributed by atoms with Crippen molar-refractivity contribution in [2.24, 2.45) is 0 Å². The number of thioether (sulfide) groups is 1. The fourth-order valence-corrected chi connectivity index (χ4v) is 4.47. The van der Waals surface area contributed by atoms with E-state index in [9.17, 15) is 9.59 Å². The zero-order valence-corrected chi connectivity index (χ0v) is 18.3. The first kappa shape index (κ1) is 21.2. The standard InChI is InChI=1S/C21H19Cl2N3O3S/c22-13-7-8-16(23)18(10-13)24-19(27)12-30-21-25-17-6-2-1-5-15(17)20(28)26(21)11-14-4-3-9-29-14/h1-2,5-8,10,14H,3-4,9,11-12H2,(H,24,27)/t14-/m1/s1. The number of hydrogen-bond donors (Lipinski definition) is 1. The Morgan fingerprint density at radius 1 is 1.27 bits per heavy atom. The average molecular weight is 464 g/mol. The third-order valence-electron chi connectivity index (χ3n) is 4.77. The van der Waals surface area contributed by atoms with E-state index in [0.717, 1.165) is 12.8 Å². The van der Waals surface area contributed by atoms with Crippen molar-refractivity contribution in [2.45, 2.75) is 30.6 Å². The molecule has 0 unspecified atom stereocenters.